The lowest BCUT2D eigenvalue weighted by Crippen LogP contribution is -2.43. The van der Waals surface area contributed by atoms with Crippen molar-refractivity contribution in [1.82, 2.24) is 9.88 Å². The van der Waals surface area contributed by atoms with Gasteiger partial charge in [0.2, 0.25) is 5.82 Å². The molecule has 2 atom stereocenters. The molecule has 0 aromatic carbocycles. The number of nitrogens with one attached hydrogen (secondary N) is 1. The molecule has 8 heteroatoms. The third-order valence-corrected chi connectivity index (χ3v) is 3.74. The summed E-state index contributed by atoms with van der Waals surface area (Å²) in [5, 5.41) is 23.1. The van der Waals surface area contributed by atoms with Crippen LogP contribution in [0.2, 0.25) is 0 Å². The van der Waals surface area contributed by atoms with E-state index < -0.39 is 10.9 Å². The first-order chi connectivity index (χ1) is 9.88. The van der Waals surface area contributed by atoms with E-state index in [0.717, 1.165) is 31.8 Å². The number of anilines is 1. The monoisotopic (exact) mass is 294 g/mol. The fourth-order valence-electron chi connectivity index (χ4n) is 2.56. The van der Waals surface area contributed by atoms with Crippen LogP contribution in [0.5, 0.6) is 0 Å². The zero-order valence-electron chi connectivity index (χ0n) is 11.9. The number of hydrogen-bond acceptors (Lipinski definition) is 6. The van der Waals surface area contributed by atoms with E-state index >= 15 is 0 Å². The summed E-state index contributed by atoms with van der Waals surface area (Å²) in [6.07, 6.45) is 1.99. The van der Waals surface area contributed by atoms with Crippen LogP contribution in [0, 0.1) is 16.0 Å². The molecule has 0 radical (unpaired) electrons. The highest BCUT2D eigenvalue weighted by molar-refractivity contribution is 5.88. The molecule has 2 N–H and O–H groups in total. The van der Waals surface area contributed by atoms with Gasteiger partial charge in [0.1, 0.15) is 0 Å². The van der Waals surface area contributed by atoms with Gasteiger partial charge in [-0.25, -0.2) is 9.78 Å². The van der Waals surface area contributed by atoms with E-state index in [2.05, 4.69) is 22.1 Å². The van der Waals surface area contributed by atoms with Crippen LogP contribution in [0.1, 0.15) is 23.7 Å². The Bertz CT molecular complexity index is 563. The fraction of sp³-hybridized carbons (Fsp3) is 0.538. The molecule has 2 unspecified atom stereocenters. The maximum Gasteiger partial charge on any atom is 0.337 e. The molecule has 114 valence electrons. The van der Waals surface area contributed by atoms with E-state index in [4.69, 9.17) is 5.11 Å². The third-order valence-electron chi connectivity index (χ3n) is 3.74. The Balaban J connectivity index is 2.23. The maximum atomic E-state index is 11.1. The van der Waals surface area contributed by atoms with Crippen LogP contribution in [-0.4, -0.2) is 52.1 Å². The standard InChI is InChI=1S/C13H18N4O4/c1-8-7-16(2)4-3-10(8)15-12-11(17(20)21)5-9(6-14-12)13(18)19/h5-6,8,10H,3-4,7H2,1-2H3,(H,14,15)(H,18,19). The highest BCUT2D eigenvalue weighted by Gasteiger charge is 2.27. The molecule has 8 nitrogen and oxygen atoms in total. The number of carboxylic acids is 1. The molecule has 1 fully saturated rings. The minimum atomic E-state index is -1.23. The van der Waals surface area contributed by atoms with Gasteiger partial charge in [-0.05, 0) is 25.9 Å². The van der Waals surface area contributed by atoms with Gasteiger partial charge < -0.3 is 15.3 Å². The van der Waals surface area contributed by atoms with Crippen molar-refractivity contribution in [2.24, 2.45) is 5.92 Å². The third kappa shape index (κ3) is 3.46. The topological polar surface area (TPSA) is 109 Å². The van der Waals surface area contributed by atoms with E-state index in [-0.39, 0.29) is 23.1 Å². The summed E-state index contributed by atoms with van der Waals surface area (Å²) in [5.74, 6) is -0.777. The van der Waals surface area contributed by atoms with Crippen LogP contribution in [0.4, 0.5) is 11.5 Å². The number of rotatable bonds is 4. The minimum Gasteiger partial charge on any atom is -0.478 e. The Morgan fingerprint density at radius 1 is 1.62 bits per heavy atom. The highest BCUT2D eigenvalue weighted by atomic mass is 16.6. The summed E-state index contributed by atoms with van der Waals surface area (Å²) in [5.41, 5.74) is -0.496. The number of hydrogen-bond donors (Lipinski definition) is 2. The van der Waals surface area contributed by atoms with Crippen molar-refractivity contribution in [3.05, 3.63) is 27.9 Å². The second-order valence-electron chi connectivity index (χ2n) is 5.43. The van der Waals surface area contributed by atoms with Gasteiger partial charge in [-0.1, -0.05) is 6.92 Å². The van der Waals surface area contributed by atoms with Crippen LogP contribution in [0.25, 0.3) is 0 Å². The SMILES string of the molecule is CC1CN(C)CCC1Nc1ncc(C(=O)O)cc1[N+](=O)[O-]. The molecular formula is C13H18N4O4. The van der Waals surface area contributed by atoms with Crippen molar-refractivity contribution in [3.63, 3.8) is 0 Å². The maximum absolute atomic E-state index is 11.1. The van der Waals surface area contributed by atoms with Crippen molar-refractivity contribution in [3.8, 4) is 0 Å². The average Bonchev–Trinajstić information content (AvgIpc) is 2.41. The number of aromatic nitrogens is 1. The molecule has 0 amide bonds. The Morgan fingerprint density at radius 3 is 2.90 bits per heavy atom. The van der Waals surface area contributed by atoms with Crippen LogP contribution in [-0.2, 0) is 0 Å². The average molecular weight is 294 g/mol. The van der Waals surface area contributed by atoms with Gasteiger partial charge in [-0.15, -0.1) is 0 Å². The molecule has 2 rings (SSSR count). The number of carboxylic acid groups (broad SMARTS) is 1. The molecular weight excluding hydrogens is 276 g/mol. The van der Waals surface area contributed by atoms with Gasteiger partial charge >= 0.3 is 11.7 Å². The Kier molecular flexibility index (Phi) is 4.37. The molecule has 1 aliphatic heterocycles. The van der Waals surface area contributed by atoms with Crippen molar-refractivity contribution in [1.29, 1.82) is 0 Å². The van der Waals surface area contributed by atoms with E-state index in [1.165, 1.54) is 0 Å². The summed E-state index contributed by atoms with van der Waals surface area (Å²) < 4.78 is 0. The Hall–Kier alpha value is -2.22. The van der Waals surface area contributed by atoms with E-state index in [9.17, 15) is 14.9 Å². The molecule has 21 heavy (non-hydrogen) atoms. The molecule has 0 bridgehead atoms. The van der Waals surface area contributed by atoms with Gasteiger partial charge in [-0.2, -0.15) is 0 Å². The number of nitrogens with zero attached hydrogens (tertiary/aromatic N) is 3. The van der Waals surface area contributed by atoms with E-state index in [0.29, 0.717) is 5.92 Å². The zero-order chi connectivity index (χ0) is 15.6. The van der Waals surface area contributed by atoms with Crippen LogP contribution >= 0.6 is 0 Å². The van der Waals surface area contributed by atoms with Crippen LogP contribution in [0.15, 0.2) is 12.3 Å². The van der Waals surface area contributed by atoms with Crippen LogP contribution < -0.4 is 5.32 Å². The lowest BCUT2D eigenvalue weighted by Gasteiger charge is -2.35. The predicted octanol–water partition coefficient (Wildman–Crippen LogP) is 1.44. The van der Waals surface area contributed by atoms with E-state index in [1.807, 2.05) is 7.05 Å². The summed E-state index contributed by atoms with van der Waals surface area (Å²) in [6, 6.07) is 1.13. The first-order valence-corrected chi connectivity index (χ1v) is 6.71. The fourth-order valence-corrected chi connectivity index (χ4v) is 2.56. The molecule has 0 aliphatic carbocycles. The molecule has 1 aliphatic rings. The Labute approximate surface area is 121 Å². The highest BCUT2D eigenvalue weighted by Crippen LogP contribution is 2.27. The number of piperidine rings is 1. The van der Waals surface area contributed by atoms with Crippen molar-refractivity contribution in [2.75, 3.05) is 25.5 Å². The van der Waals surface area contributed by atoms with Crippen LogP contribution in [0.3, 0.4) is 0 Å². The number of pyridine rings is 1. The quantitative estimate of drug-likeness (QED) is 0.638. The molecule has 1 aromatic rings. The molecule has 0 saturated carbocycles. The van der Waals surface area contributed by atoms with Gasteiger partial charge in [0.15, 0.2) is 0 Å². The summed E-state index contributed by atoms with van der Waals surface area (Å²) in [4.78, 5) is 27.5. The largest absolute Gasteiger partial charge is 0.478 e. The van der Waals surface area contributed by atoms with Gasteiger partial charge in [0.25, 0.3) is 0 Å². The summed E-state index contributed by atoms with van der Waals surface area (Å²) in [6.45, 7) is 3.88. The van der Waals surface area contributed by atoms with Crippen molar-refractivity contribution < 1.29 is 14.8 Å². The lowest BCUT2D eigenvalue weighted by atomic mass is 9.94. The molecule has 1 aromatic heterocycles. The smallest absolute Gasteiger partial charge is 0.337 e. The van der Waals surface area contributed by atoms with Crippen molar-refractivity contribution in [2.45, 2.75) is 19.4 Å². The molecule has 1 saturated heterocycles. The number of nitro groups is 1. The Morgan fingerprint density at radius 2 is 2.33 bits per heavy atom. The van der Waals surface area contributed by atoms with Crippen molar-refractivity contribution >= 4 is 17.5 Å². The van der Waals surface area contributed by atoms with E-state index in [1.54, 1.807) is 0 Å². The predicted molar refractivity (Wildman–Crippen MR) is 76.5 cm³/mol. The first kappa shape index (κ1) is 15.2. The number of aromatic carboxylic acids is 1. The summed E-state index contributed by atoms with van der Waals surface area (Å²) >= 11 is 0. The van der Waals surface area contributed by atoms with Gasteiger partial charge in [0.05, 0.1) is 10.5 Å². The number of likely N-dealkylation sites (tertiary alicyclic amines) is 1. The summed E-state index contributed by atoms with van der Waals surface area (Å²) in [7, 11) is 2.04. The van der Waals surface area contributed by atoms with Gasteiger partial charge in [-0.3, -0.25) is 10.1 Å². The second kappa shape index (κ2) is 6.04. The minimum absolute atomic E-state index is 0.0862. The zero-order valence-corrected chi connectivity index (χ0v) is 11.9. The molecule has 2 heterocycles. The second-order valence-corrected chi connectivity index (χ2v) is 5.43. The van der Waals surface area contributed by atoms with Gasteiger partial charge in [0, 0.05) is 24.8 Å². The molecule has 0 spiro atoms. The normalized spacial score (nSPS) is 22.8. The lowest BCUT2D eigenvalue weighted by molar-refractivity contribution is -0.384. The first-order valence-electron chi connectivity index (χ1n) is 6.71. The number of carbonyl (C=O) groups is 1.